The van der Waals surface area contributed by atoms with E-state index in [0.29, 0.717) is 24.5 Å². The van der Waals surface area contributed by atoms with Crippen molar-refractivity contribution in [3.63, 3.8) is 0 Å². The molecule has 1 aliphatic carbocycles. The Morgan fingerprint density at radius 3 is 2.77 bits per heavy atom. The molecule has 2 heterocycles. The number of benzene rings is 1. The minimum Gasteiger partial charge on any atom is -0.491 e. The van der Waals surface area contributed by atoms with Gasteiger partial charge < -0.3 is 20.3 Å². The van der Waals surface area contributed by atoms with Crippen LogP contribution in [0.2, 0.25) is 0 Å². The molecule has 1 aliphatic heterocycles. The van der Waals surface area contributed by atoms with Gasteiger partial charge in [0.25, 0.3) is 0 Å². The minimum atomic E-state index is -0.604. The smallest absolute Gasteiger partial charge is 0.412 e. The molecule has 4 N–H and O–H groups in total. The Hall–Kier alpha value is -2.64. The molecule has 0 saturated heterocycles. The summed E-state index contributed by atoms with van der Waals surface area (Å²) >= 11 is 0. The van der Waals surface area contributed by atoms with Crippen LogP contribution >= 0.6 is 0 Å². The summed E-state index contributed by atoms with van der Waals surface area (Å²) in [6.45, 7) is 0.0998. The number of hydrogen-bond donors (Lipinski definition) is 3. The summed E-state index contributed by atoms with van der Waals surface area (Å²) in [6.07, 6.45) is 3.00. The average molecular weight is 355 g/mol. The lowest BCUT2D eigenvalue weighted by Crippen LogP contribution is -2.25. The molecule has 0 radical (unpaired) electrons. The van der Waals surface area contributed by atoms with Crippen LogP contribution < -0.4 is 15.8 Å². The molecule has 2 aliphatic rings. The first kappa shape index (κ1) is 16.8. The molecule has 4 rings (SSSR count). The number of hydrogen-bond acceptors (Lipinski definition) is 6. The summed E-state index contributed by atoms with van der Waals surface area (Å²) < 4.78 is 10.9. The lowest BCUT2D eigenvalue weighted by atomic mass is 10.0. The maximum Gasteiger partial charge on any atom is 0.412 e. The van der Waals surface area contributed by atoms with Crippen LogP contribution in [0.15, 0.2) is 36.5 Å². The molecule has 0 bridgehead atoms. The van der Waals surface area contributed by atoms with Crippen molar-refractivity contribution in [2.24, 2.45) is 5.73 Å². The third kappa shape index (κ3) is 3.36. The van der Waals surface area contributed by atoms with Gasteiger partial charge in [-0.25, -0.2) is 4.79 Å². The van der Waals surface area contributed by atoms with Gasteiger partial charge in [0.15, 0.2) is 0 Å². The van der Waals surface area contributed by atoms with Crippen LogP contribution in [0.5, 0.6) is 5.75 Å². The van der Waals surface area contributed by atoms with Crippen LogP contribution in [0, 0.1) is 0 Å². The van der Waals surface area contributed by atoms with E-state index < -0.39 is 12.2 Å². The van der Waals surface area contributed by atoms with E-state index in [1.165, 1.54) is 0 Å². The number of fused-ring (bicyclic) bond motifs is 1. The van der Waals surface area contributed by atoms with Crippen molar-refractivity contribution in [2.45, 2.75) is 30.9 Å². The summed E-state index contributed by atoms with van der Waals surface area (Å²) in [5, 5.41) is 11.9. The molecule has 1 unspecified atom stereocenters. The van der Waals surface area contributed by atoms with Crippen LogP contribution in [0.1, 0.15) is 25.0 Å². The number of nitrogens with two attached hydrogens (primary N) is 1. The first-order chi connectivity index (χ1) is 12.6. The number of aliphatic hydroxyl groups excluding tert-OH is 1. The number of carbonyl (C=O) groups is 1. The standard InChI is InChI=1S/C19H21N3O4/c20-19(6-7-19)17-4-2-13(10-21-17)12-1-3-15-16(9-12)25-8-5-14(11-23)26-18(24)22-15/h1-4,9-10,14,23H,5-8,11,20H2,(H,22,24). The SMILES string of the molecule is NC1(c2ccc(-c3ccc4c(c3)OCCC(CO)OC(=O)N4)cn2)CC1. The molecule has 1 amide bonds. The quantitative estimate of drug-likeness (QED) is 0.780. The van der Waals surface area contributed by atoms with Gasteiger partial charge in [-0.2, -0.15) is 0 Å². The van der Waals surface area contributed by atoms with Crippen molar-refractivity contribution in [3.05, 3.63) is 42.2 Å². The third-order valence-corrected chi connectivity index (χ3v) is 4.79. The molecule has 1 aromatic heterocycles. The average Bonchev–Trinajstić information content (AvgIpc) is 3.39. The zero-order valence-electron chi connectivity index (χ0n) is 14.3. The number of pyridine rings is 1. The minimum absolute atomic E-state index is 0.237. The molecule has 1 fully saturated rings. The summed E-state index contributed by atoms with van der Waals surface area (Å²) in [7, 11) is 0. The molecular weight excluding hydrogens is 334 g/mol. The maximum absolute atomic E-state index is 11.9. The molecule has 7 nitrogen and oxygen atoms in total. The van der Waals surface area contributed by atoms with Gasteiger partial charge in [-0.05, 0) is 36.6 Å². The van der Waals surface area contributed by atoms with Crippen molar-refractivity contribution < 1.29 is 19.4 Å². The first-order valence-electron chi connectivity index (χ1n) is 8.68. The molecule has 1 atom stereocenters. The Balaban J connectivity index is 1.59. The van der Waals surface area contributed by atoms with Gasteiger partial charge >= 0.3 is 6.09 Å². The molecule has 1 saturated carbocycles. The summed E-state index contributed by atoms with van der Waals surface area (Å²) in [5.41, 5.74) is 9.25. The van der Waals surface area contributed by atoms with Gasteiger partial charge in [-0.3, -0.25) is 10.3 Å². The highest BCUT2D eigenvalue weighted by atomic mass is 16.6. The van der Waals surface area contributed by atoms with E-state index in [-0.39, 0.29) is 12.1 Å². The number of rotatable bonds is 3. The summed E-state index contributed by atoms with van der Waals surface area (Å²) in [5.74, 6) is 0.555. The Labute approximate surface area is 151 Å². The van der Waals surface area contributed by atoms with E-state index in [4.69, 9.17) is 15.2 Å². The molecule has 2 aromatic rings. The highest BCUT2D eigenvalue weighted by Gasteiger charge is 2.41. The highest BCUT2D eigenvalue weighted by molar-refractivity contribution is 5.88. The molecule has 7 heteroatoms. The summed E-state index contributed by atoms with van der Waals surface area (Å²) in [4.78, 5) is 16.4. The number of aliphatic hydroxyl groups is 1. The number of anilines is 1. The van der Waals surface area contributed by atoms with Crippen molar-refractivity contribution in [3.8, 4) is 16.9 Å². The normalized spacial score (nSPS) is 21.2. The number of nitrogens with zero attached hydrogens (tertiary/aromatic N) is 1. The highest BCUT2D eigenvalue weighted by Crippen LogP contribution is 2.42. The predicted octanol–water partition coefficient (Wildman–Crippen LogP) is 2.39. The number of aromatic nitrogens is 1. The van der Waals surface area contributed by atoms with E-state index in [2.05, 4.69) is 10.3 Å². The molecular formula is C19H21N3O4. The van der Waals surface area contributed by atoms with Gasteiger partial charge in [0, 0.05) is 18.2 Å². The number of amides is 1. The third-order valence-electron chi connectivity index (χ3n) is 4.79. The predicted molar refractivity (Wildman–Crippen MR) is 95.9 cm³/mol. The number of ether oxygens (including phenoxy) is 2. The van der Waals surface area contributed by atoms with Crippen LogP contribution in [-0.4, -0.2) is 35.5 Å². The second kappa shape index (κ2) is 6.59. The van der Waals surface area contributed by atoms with Gasteiger partial charge in [0.1, 0.15) is 11.9 Å². The van der Waals surface area contributed by atoms with Gasteiger partial charge in [0.2, 0.25) is 0 Å². The zero-order chi connectivity index (χ0) is 18.1. The monoisotopic (exact) mass is 355 g/mol. The molecule has 0 spiro atoms. The van der Waals surface area contributed by atoms with E-state index >= 15 is 0 Å². The Bertz CT molecular complexity index is 818. The van der Waals surface area contributed by atoms with Gasteiger partial charge in [-0.1, -0.05) is 12.1 Å². The van der Waals surface area contributed by atoms with Crippen LogP contribution in [0.4, 0.5) is 10.5 Å². The zero-order valence-corrected chi connectivity index (χ0v) is 14.3. The maximum atomic E-state index is 11.9. The lowest BCUT2D eigenvalue weighted by Gasteiger charge is -2.13. The van der Waals surface area contributed by atoms with E-state index in [1.54, 1.807) is 6.07 Å². The van der Waals surface area contributed by atoms with Crippen molar-refractivity contribution in [2.75, 3.05) is 18.5 Å². The summed E-state index contributed by atoms with van der Waals surface area (Å²) in [6, 6.07) is 9.48. The topological polar surface area (TPSA) is 107 Å². The largest absolute Gasteiger partial charge is 0.491 e. The number of nitrogens with one attached hydrogen (secondary N) is 1. The second-order valence-corrected chi connectivity index (χ2v) is 6.77. The van der Waals surface area contributed by atoms with E-state index in [1.807, 2.05) is 30.5 Å². The molecule has 1 aromatic carbocycles. The van der Waals surface area contributed by atoms with Crippen molar-refractivity contribution in [1.82, 2.24) is 4.98 Å². The fourth-order valence-corrected chi connectivity index (χ4v) is 2.95. The van der Waals surface area contributed by atoms with Gasteiger partial charge in [0.05, 0.1) is 30.1 Å². The Morgan fingerprint density at radius 1 is 1.27 bits per heavy atom. The van der Waals surface area contributed by atoms with E-state index in [0.717, 1.165) is 29.7 Å². The molecule has 136 valence electrons. The lowest BCUT2D eigenvalue weighted by molar-refractivity contribution is 0.0543. The van der Waals surface area contributed by atoms with Gasteiger partial charge in [-0.15, -0.1) is 0 Å². The van der Waals surface area contributed by atoms with Crippen LogP contribution in [0.25, 0.3) is 11.1 Å². The Morgan fingerprint density at radius 2 is 2.08 bits per heavy atom. The fraction of sp³-hybridized carbons (Fsp3) is 0.368. The van der Waals surface area contributed by atoms with Crippen molar-refractivity contribution in [1.29, 1.82) is 0 Å². The van der Waals surface area contributed by atoms with Crippen molar-refractivity contribution >= 4 is 11.8 Å². The second-order valence-electron chi connectivity index (χ2n) is 6.77. The van der Waals surface area contributed by atoms with E-state index in [9.17, 15) is 9.90 Å². The first-order valence-corrected chi connectivity index (χ1v) is 8.68. The number of carbonyl (C=O) groups excluding carboxylic acids is 1. The molecule has 26 heavy (non-hydrogen) atoms. The van der Waals surface area contributed by atoms with Crippen LogP contribution in [-0.2, 0) is 10.3 Å². The van der Waals surface area contributed by atoms with Crippen LogP contribution in [0.3, 0.4) is 0 Å². The fourth-order valence-electron chi connectivity index (χ4n) is 2.95. The Kier molecular flexibility index (Phi) is 4.26. The number of cyclic esters (lactones) is 1.